The van der Waals surface area contributed by atoms with Gasteiger partial charge >= 0.3 is 0 Å². The molecule has 1 heterocycles. The largest absolute Gasteiger partial charge is 0.384 e. The van der Waals surface area contributed by atoms with Crippen LogP contribution in [0.5, 0.6) is 0 Å². The van der Waals surface area contributed by atoms with E-state index >= 15 is 0 Å². The van der Waals surface area contributed by atoms with E-state index in [1.165, 1.54) is 18.3 Å². The highest BCUT2D eigenvalue weighted by Gasteiger charge is 2.13. The van der Waals surface area contributed by atoms with Crippen molar-refractivity contribution < 1.29 is 8.42 Å². The molecule has 1 aromatic carbocycles. The number of pyridine rings is 1. The normalized spacial score (nSPS) is 10.9. The Morgan fingerprint density at radius 2 is 1.95 bits per heavy atom. The predicted octanol–water partition coefficient (Wildman–Crippen LogP) is 1.01. The lowest BCUT2D eigenvalue weighted by molar-refractivity contribution is 0.581. The maximum Gasteiger partial charge on any atom is 0.241 e. The molecule has 6 nitrogen and oxygen atoms in total. The second kappa shape index (κ2) is 5.69. The molecule has 2 rings (SSSR count). The van der Waals surface area contributed by atoms with Gasteiger partial charge in [-0.2, -0.15) is 5.26 Å². The van der Waals surface area contributed by atoms with Gasteiger partial charge in [0.1, 0.15) is 5.82 Å². The third-order valence-corrected chi connectivity index (χ3v) is 4.01. The fourth-order valence-corrected chi connectivity index (χ4v) is 2.59. The van der Waals surface area contributed by atoms with Gasteiger partial charge in [-0.15, -0.1) is 0 Å². The highest BCUT2D eigenvalue weighted by Crippen LogP contribution is 2.11. The van der Waals surface area contributed by atoms with Gasteiger partial charge in [-0.25, -0.2) is 18.1 Å². The van der Waals surface area contributed by atoms with Crippen LogP contribution in [0, 0.1) is 11.3 Å². The molecule has 1 aromatic heterocycles. The Kier molecular flexibility index (Phi) is 3.98. The van der Waals surface area contributed by atoms with Crippen molar-refractivity contribution in [2.45, 2.75) is 11.4 Å². The van der Waals surface area contributed by atoms with E-state index in [-0.39, 0.29) is 17.3 Å². The molecule has 0 saturated carbocycles. The summed E-state index contributed by atoms with van der Waals surface area (Å²) in [6.45, 7) is 0.135. The molecule has 0 saturated heterocycles. The van der Waals surface area contributed by atoms with Gasteiger partial charge in [0, 0.05) is 18.8 Å². The Labute approximate surface area is 116 Å². The smallest absolute Gasteiger partial charge is 0.241 e. The van der Waals surface area contributed by atoms with Gasteiger partial charge in [0.05, 0.1) is 16.5 Å². The van der Waals surface area contributed by atoms with E-state index in [0.717, 1.165) is 5.56 Å². The van der Waals surface area contributed by atoms with E-state index in [0.29, 0.717) is 5.56 Å². The van der Waals surface area contributed by atoms with E-state index in [1.54, 1.807) is 24.3 Å². The number of nitrogen functional groups attached to an aromatic ring is 1. The summed E-state index contributed by atoms with van der Waals surface area (Å²) in [7, 11) is -3.63. The molecule has 102 valence electrons. The number of rotatable bonds is 4. The molecule has 0 bridgehead atoms. The fraction of sp³-hybridized carbons (Fsp3) is 0.0769. The number of sulfonamides is 1. The quantitative estimate of drug-likeness (QED) is 0.872. The number of hydrogen-bond donors (Lipinski definition) is 2. The van der Waals surface area contributed by atoms with Crippen LogP contribution in [0.2, 0.25) is 0 Å². The van der Waals surface area contributed by atoms with Gasteiger partial charge < -0.3 is 5.73 Å². The topological polar surface area (TPSA) is 109 Å². The lowest BCUT2D eigenvalue weighted by Crippen LogP contribution is -2.23. The van der Waals surface area contributed by atoms with E-state index in [1.807, 2.05) is 6.07 Å². The second-order valence-corrected chi connectivity index (χ2v) is 5.82. The molecule has 0 amide bonds. The Hall–Kier alpha value is -2.43. The standard InChI is InChI=1S/C13H12N4O2S/c14-8-10-1-3-11(4-2-10)9-17-20(18,19)12-5-6-16-13(15)7-12/h1-7,17H,9H2,(H2,15,16). The molecule has 0 aliphatic rings. The molecule has 0 unspecified atom stereocenters. The van der Waals surface area contributed by atoms with Crippen molar-refractivity contribution in [3.8, 4) is 6.07 Å². The first kappa shape index (κ1) is 14.0. The third kappa shape index (κ3) is 3.32. The van der Waals surface area contributed by atoms with Gasteiger partial charge in [-0.3, -0.25) is 0 Å². The van der Waals surface area contributed by atoms with E-state index < -0.39 is 10.0 Å². The molecular weight excluding hydrogens is 276 g/mol. The summed E-state index contributed by atoms with van der Waals surface area (Å²) in [6, 6.07) is 11.3. The molecule has 20 heavy (non-hydrogen) atoms. The van der Waals surface area contributed by atoms with Crippen molar-refractivity contribution in [2.24, 2.45) is 0 Å². The number of nitrogens with one attached hydrogen (secondary N) is 1. The summed E-state index contributed by atoms with van der Waals surface area (Å²) >= 11 is 0. The van der Waals surface area contributed by atoms with Crippen LogP contribution in [0.15, 0.2) is 47.5 Å². The van der Waals surface area contributed by atoms with Gasteiger partial charge in [-0.05, 0) is 23.8 Å². The maximum atomic E-state index is 12.0. The van der Waals surface area contributed by atoms with Crippen molar-refractivity contribution in [3.05, 3.63) is 53.7 Å². The molecular formula is C13H12N4O2S. The van der Waals surface area contributed by atoms with Crippen molar-refractivity contribution in [1.29, 1.82) is 5.26 Å². The molecule has 0 atom stereocenters. The number of anilines is 1. The summed E-state index contributed by atoms with van der Waals surface area (Å²) in [4.78, 5) is 3.81. The summed E-state index contributed by atoms with van der Waals surface area (Å²) < 4.78 is 26.5. The first-order chi connectivity index (χ1) is 9.51. The molecule has 7 heteroatoms. The number of benzene rings is 1. The molecule has 0 aliphatic carbocycles. The second-order valence-electron chi connectivity index (χ2n) is 4.05. The summed E-state index contributed by atoms with van der Waals surface area (Å²) in [5.41, 5.74) is 6.75. The minimum absolute atomic E-state index is 0.0682. The Bertz CT molecular complexity index is 749. The number of nitriles is 1. The highest BCUT2D eigenvalue weighted by atomic mass is 32.2. The van der Waals surface area contributed by atoms with Crippen LogP contribution in [0.25, 0.3) is 0 Å². The summed E-state index contributed by atoms with van der Waals surface area (Å²) in [5, 5.41) is 8.68. The summed E-state index contributed by atoms with van der Waals surface area (Å²) in [5.74, 6) is 0.145. The molecule has 3 N–H and O–H groups in total. The van der Waals surface area contributed by atoms with Crippen LogP contribution < -0.4 is 10.5 Å². The average molecular weight is 288 g/mol. The van der Waals surface area contributed by atoms with E-state index in [4.69, 9.17) is 11.0 Å². The van der Waals surface area contributed by atoms with Gasteiger partial charge in [0.25, 0.3) is 0 Å². The average Bonchev–Trinajstić information content (AvgIpc) is 2.46. The van der Waals surface area contributed by atoms with Crippen LogP contribution in [-0.4, -0.2) is 13.4 Å². The Morgan fingerprint density at radius 1 is 1.25 bits per heavy atom. The first-order valence-corrected chi connectivity index (χ1v) is 7.20. The molecule has 0 fully saturated rings. The monoisotopic (exact) mass is 288 g/mol. The van der Waals surface area contributed by atoms with Crippen LogP contribution in [0.1, 0.15) is 11.1 Å². The zero-order valence-corrected chi connectivity index (χ0v) is 11.3. The molecule has 2 aromatic rings. The van der Waals surface area contributed by atoms with Crippen molar-refractivity contribution in [2.75, 3.05) is 5.73 Å². The Morgan fingerprint density at radius 3 is 2.55 bits per heavy atom. The number of aromatic nitrogens is 1. The van der Waals surface area contributed by atoms with Crippen molar-refractivity contribution >= 4 is 15.8 Å². The van der Waals surface area contributed by atoms with E-state index in [2.05, 4.69) is 9.71 Å². The number of nitrogens with two attached hydrogens (primary N) is 1. The zero-order chi connectivity index (χ0) is 14.6. The van der Waals surface area contributed by atoms with Crippen LogP contribution in [0.3, 0.4) is 0 Å². The maximum absolute atomic E-state index is 12.0. The predicted molar refractivity (Wildman–Crippen MR) is 73.8 cm³/mol. The number of hydrogen-bond acceptors (Lipinski definition) is 5. The minimum Gasteiger partial charge on any atom is -0.384 e. The van der Waals surface area contributed by atoms with Crippen LogP contribution >= 0.6 is 0 Å². The third-order valence-electron chi connectivity index (χ3n) is 2.61. The Balaban J connectivity index is 2.11. The SMILES string of the molecule is N#Cc1ccc(CNS(=O)(=O)c2ccnc(N)c2)cc1. The highest BCUT2D eigenvalue weighted by molar-refractivity contribution is 7.89. The lowest BCUT2D eigenvalue weighted by atomic mass is 10.1. The zero-order valence-electron chi connectivity index (χ0n) is 10.4. The molecule has 0 spiro atoms. The number of nitrogens with zero attached hydrogens (tertiary/aromatic N) is 2. The van der Waals surface area contributed by atoms with Gasteiger partial charge in [0.2, 0.25) is 10.0 Å². The van der Waals surface area contributed by atoms with Gasteiger partial charge in [-0.1, -0.05) is 12.1 Å². The van der Waals surface area contributed by atoms with Crippen molar-refractivity contribution in [1.82, 2.24) is 9.71 Å². The minimum atomic E-state index is -3.63. The fourth-order valence-electron chi connectivity index (χ4n) is 1.55. The molecule has 0 aliphatic heterocycles. The summed E-state index contributed by atoms with van der Waals surface area (Å²) in [6.07, 6.45) is 1.34. The van der Waals surface area contributed by atoms with Crippen LogP contribution in [-0.2, 0) is 16.6 Å². The van der Waals surface area contributed by atoms with E-state index in [9.17, 15) is 8.42 Å². The first-order valence-electron chi connectivity index (χ1n) is 5.71. The lowest BCUT2D eigenvalue weighted by Gasteiger charge is -2.07. The van der Waals surface area contributed by atoms with Crippen molar-refractivity contribution in [3.63, 3.8) is 0 Å². The van der Waals surface area contributed by atoms with Crippen LogP contribution in [0.4, 0.5) is 5.82 Å². The molecule has 0 radical (unpaired) electrons. The van der Waals surface area contributed by atoms with Gasteiger partial charge in [0.15, 0.2) is 0 Å².